The van der Waals surface area contributed by atoms with Crippen molar-refractivity contribution >= 4 is 15.7 Å². The van der Waals surface area contributed by atoms with Crippen molar-refractivity contribution in [3.63, 3.8) is 0 Å². The van der Waals surface area contributed by atoms with E-state index in [1.807, 2.05) is 0 Å². The number of hydrogen-bond acceptors (Lipinski definition) is 3. The van der Waals surface area contributed by atoms with E-state index in [1.165, 1.54) is 12.1 Å². The molecule has 0 aliphatic heterocycles. The molecule has 114 valence electrons. The van der Waals surface area contributed by atoms with Gasteiger partial charge in [-0.05, 0) is 31.0 Å². The predicted octanol–water partition coefficient (Wildman–Crippen LogP) is 3.26. The van der Waals surface area contributed by atoms with E-state index in [0.29, 0.717) is 18.9 Å². The summed E-state index contributed by atoms with van der Waals surface area (Å²) in [7, 11) is -3.70. The first-order valence-corrected chi connectivity index (χ1v) is 7.91. The van der Waals surface area contributed by atoms with Crippen molar-refractivity contribution in [2.75, 3.05) is 4.72 Å². The van der Waals surface area contributed by atoms with E-state index >= 15 is 0 Å². The molecular formula is C13H13F3N2O2S. The predicted molar refractivity (Wildman–Crippen MR) is 71.0 cm³/mol. The number of alkyl halides is 3. The molecule has 1 aromatic rings. The summed E-state index contributed by atoms with van der Waals surface area (Å²) in [6.45, 7) is 0. The fourth-order valence-corrected chi connectivity index (χ4v) is 3.96. The molecule has 0 saturated heterocycles. The molecule has 0 spiro atoms. The zero-order valence-corrected chi connectivity index (χ0v) is 11.8. The lowest BCUT2D eigenvalue weighted by Gasteiger charge is -2.15. The van der Waals surface area contributed by atoms with Crippen LogP contribution in [-0.2, 0) is 16.2 Å². The van der Waals surface area contributed by atoms with Gasteiger partial charge in [-0.25, -0.2) is 8.42 Å². The smallest absolute Gasteiger partial charge is 0.283 e. The zero-order valence-electron chi connectivity index (χ0n) is 10.9. The van der Waals surface area contributed by atoms with Gasteiger partial charge in [0, 0.05) is 5.69 Å². The van der Waals surface area contributed by atoms with Gasteiger partial charge < -0.3 is 0 Å². The Morgan fingerprint density at radius 2 is 1.86 bits per heavy atom. The lowest BCUT2D eigenvalue weighted by Crippen LogP contribution is -2.25. The Hall–Kier alpha value is -1.75. The summed E-state index contributed by atoms with van der Waals surface area (Å²) in [5.41, 5.74) is -1.85. The number of benzene rings is 1. The van der Waals surface area contributed by atoms with Crippen LogP contribution in [-0.4, -0.2) is 13.7 Å². The molecule has 4 nitrogen and oxygen atoms in total. The van der Waals surface area contributed by atoms with Gasteiger partial charge >= 0.3 is 6.18 Å². The largest absolute Gasteiger partial charge is 0.417 e. The average Bonchev–Trinajstić information content (AvgIpc) is 2.92. The third-order valence-electron chi connectivity index (χ3n) is 3.45. The minimum absolute atomic E-state index is 0.173. The number of halogens is 3. The maximum absolute atomic E-state index is 12.8. The first-order chi connectivity index (χ1) is 9.74. The second-order valence-electron chi connectivity index (χ2n) is 4.92. The van der Waals surface area contributed by atoms with E-state index in [-0.39, 0.29) is 5.69 Å². The van der Waals surface area contributed by atoms with Crippen LogP contribution in [0.15, 0.2) is 18.2 Å². The number of sulfonamides is 1. The first-order valence-electron chi connectivity index (χ1n) is 6.37. The number of hydrogen-bond donors (Lipinski definition) is 1. The molecule has 2 rings (SSSR count). The highest BCUT2D eigenvalue weighted by Gasteiger charge is 2.35. The lowest BCUT2D eigenvalue weighted by atomic mass is 10.1. The summed E-state index contributed by atoms with van der Waals surface area (Å²) in [6, 6.07) is 4.24. The van der Waals surface area contributed by atoms with Crippen molar-refractivity contribution in [3.8, 4) is 6.07 Å². The standard InChI is InChI=1S/C13H13F3N2O2S/c14-13(15,16)12-7-10(6-5-9(12)8-17)18-21(19,20)11-3-1-2-4-11/h5-7,11,18H,1-4H2. The number of anilines is 1. The van der Waals surface area contributed by atoms with Gasteiger partial charge in [-0.15, -0.1) is 0 Å². The quantitative estimate of drug-likeness (QED) is 0.930. The fourth-order valence-electron chi connectivity index (χ4n) is 2.39. The van der Waals surface area contributed by atoms with Crippen molar-refractivity contribution in [2.45, 2.75) is 37.1 Å². The molecule has 0 unspecified atom stereocenters. The molecule has 0 atom stereocenters. The van der Waals surface area contributed by atoms with Gasteiger partial charge in [-0.2, -0.15) is 18.4 Å². The number of rotatable bonds is 3. The van der Waals surface area contributed by atoms with Crippen LogP contribution in [0.25, 0.3) is 0 Å². The molecule has 0 aromatic heterocycles. The van der Waals surface area contributed by atoms with Crippen LogP contribution in [0.2, 0.25) is 0 Å². The number of nitriles is 1. The van der Waals surface area contributed by atoms with Gasteiger partial charge in [0.05, 0.1) is 22.4 Å². The van der Waals surface area contributed by atoms with Crippen LogP contribution in [0.5, 0.6) is 0 Å². The Kier molecular flexibility index (Phi) is 4.14. The van der Waals surface area contributed by atoms with E-state index in [9.17, 15) is 21.6 Å². The summed E-state index contributed by atoms with van der Waals surface area (Å²) in [5.74, 6) is 0. The fraction of sp³-hybridized carbons (Fsp3) is 0.462. The van der Waals surface area contributed by atoms with Crippen molar-refractivity contribution < 1.29 is 21.6 Å². The van der Waals surface area contributed by atoms with Gasteiger partial charge in [0.25, 0.3) is 0 Å². The summed E-state index contributed by atoms with van der Waals surface area (Å²) >= 11 is 0. The lowest BCUT2D eigenvalue weighted by molar-refractivity contribution is -0.137. The molecule has 1 aliphatic rings. The van der Waals surface area contributed by atoms with E-state index in [2.05, 4.69) is 4.72 Å². The van der Waals surface area contributed by atoms with Crippen LogP contribution in [0.1, 0.15) is 36.8 Å². The molecule has 0 radical (unpaired) electrons. The summed E-state index contributed by atoms with van der Waals surface area (Å²) in [4.78, 5) is 0. The molecule has 0 amide bonds. The Morgan fingerprint density at radius 1 is 1.24 bits per heavy atom. The molecule has 1 aliphatic carbocycles. The van der Waals surface area contributed by atoms with Gasteiger partial charge in [0.15, 0.2) is 0 Å². The highest BCUT2D eigenvalue weighted by atomic mass is 32.2. The zero-order chi connectivity index (χ0) is 15.7. The van der Waals surface area contributed by atoms with Crippen LogP contribution in [0, 0.1) is 11.3 Å². The van der Waals surface area contributed by atoms with Gasteiger partial charge in [0.1, 0.15) is 0 Å². The Balaban J connectivity index is 2.32. The maximum atomic E-state index is 12.8. The highest BCUT2D eigenvalue weighted by molar-refractivity contribution is 7.93. The van der Waals surface area contributed by atoms with Crippen LogP contribution >= 0.6 is 0 Å². The Labute approximate surface area is 120 Å². The minimum atomic E-state index is -4.71. The van der Waals surface area contributed by atoms with Crippen LogP contribution in [0.3, 0.4) is 0 Å². The van der Waals surface area contributed by atoms with Gasteiger partial charge in [-0.1, -0.05) is 12.8 Å². The molecule has 1 fully saturated rings. The van der Waals surface area contributed by atoms with Crippen LogP contribution < -0.4 is 4.72 Å². The third kappa shape index (κ3) is 3.47. The van der Waals surface area contributed by atoms with Gasteiger partial charge in [-0.3, -0.25) is 4.72 Å². The van der Waals surface area contributed by atoms with E-state index in [4.69, 9.17) is 5.26 Å². The Bertz CT molecular complexity index is 672. The molecule has 1 N–H and O–H groups in total. The number of nitrogens with zero attached hydrogens (tertiary/aromatic N) is 1. The molecule has 1 aromatic carbocycles. The SMILES string of the molecule is N#Cc1ccc(NS(=O)(=O)C2CCCC2)cc1C(F)(F)F. The molecular weight excluding hydrogens is 305 g/mol. The average molecular weight is 318 g/mol. The van der Waals surface area contributed by atoms with Crippen molar-refractivity contribution in [2.24, 2.45) is 0 Å². The number of nitrogens with one attached hydrogen (secondary N) is 1. The van der Waals surface area contributed by atoms with E-state index in [1.54, 1.807) is 0 Å². The van der Waals surface area contributed by atoms with Crippen molar-refractivity contribution in [3.05, 3.63) is 29.3 Å². The molecule has 21 heavy (non-hydrogen) atoms. The maximum Gasteiger partial charge on any atom is 0.417 e. The van der Waals surface area contributed by atoms with Crippen LogP contribution in [0.4, 0.5) is 18.9 Å². The Morgan fingerprint density at radius 3 is 2.38 bits per heavy atom. The first kappa shape index (κ1) is 15.6. The van der Waals surface area contributed by atoms with Crippen molar-refractivity contribution in [1.29, 1.82) is 5.26 Å². The summed E-state index contributed by atoms with van der Waals surface area (Å²) in [5, 5.41) is 8.12. The molecule has 0 heterocycles. The van der Waals surface area contributed by atoms with Gasteiger partial charge in [0.2, 0.25) is 10.0 Å². The third-order valence-corrected chi connectivity index (χ3v) is 5.32. The van der Waals surface area contributed by atoms with E-state index < -0.39 is 32.6 Å². The second-order valence-corrected chi connectivity index (χ2v) is 6.88. The normalized spacial score (nSPS) is 16.7. The monoisotopic (exact) mass is 318 g/mol. The summed E-state index contributed by atoms with van der Waals surface area (Å²) < 4.78 is 64.8. The van der Waals surface area contributed by atoms with Crippen molar-refractivity contribution in [1.82, 2.24) is 0 Å². The topological polar surface area (TPSA) is 70.0 Å². The highest BCUT2D eigenvalue weighted by Crippen LogP contribution is 2.34. The second kappa shape index (κ2) is 5.56. The molecule has 8 heteroatoms. The summed E-state index contributed by atoms with van der Waals surface area (Å²) in [6.07, 6.45) is -2.09. The molecule has 1 saturated carbocycles. The van der Waals surface area contributed by atoms with E-state index in [0.717, 1.165) is 18.9 Å². The molecule has 0 bridgehead atoms. The minimum Gasteiger partial charge on any atom is -0.283 e.